The van der Waals surface area contributed by atoms with Crippen molar-refractivity contribution in [3.63, 3.8) is 0 Å². The van der Waals surface area contributed by atoms with Crippen molar-refractivity contribution in [2.24, 2.45) is 7.05 Å². The summed E-state index contributed by atoms with van der Waals surface area (Å²) in [4.78, 5) is 37.7. The molecule has 3 rings (SSSR count). The zero-order valence-electron chi connectivity index (χ0n) is 19.4. The molecule has 0 aliphatic carbocycles. The van der Waals surface area contributed by atoms with Crippen molar-refractivity contribution in [2.75, 3.05) is 24.3 Å². The van der Waals surface area contributed by atoms with Crippen LogP contribution < -0.4 is 5.32 Å². The first-order valence-electron chi connectivity index (χ1n) is 10.5. The first-order valence-corrected chi connectivity index (χ1v) is 13.1. The summed E-state index contributed by atoms with van der Waals surface area (Å²) in [5.74, 6) is -1.17. The minimum absolute atomic E-state index is 0.0373. The number of thioether (sulfide) groups is 1. The van der Waals surface area contributed by atoms with Gasteiger partial charge in [0.1, 0.15) is 15.6 Å². The molecular weight excluding hydrogens is 560 g/mol. The summed E-state index contributed by atoms with van der Waals surface area (Å²) in [5, 5.41) is 21.8. The number of halogens is 1. The average Bonchev–Trinajstić information content (AvgIpc) is 3.33. The number of hydrogen-bond acceptors (Lipinski definition) is 10. The van der Waals surface area contributed by atoms with Crippen molar-refractivity contribution >= 4 is 61.9 Å². The summed E-state index contributed by atoms with van der Waals surface area (Å²) < 4.78 is 12.6. The number of ether oxygens (including phenoxy) is 2. The predicted molar refractivity (Wildman–Crippen MR) is 136 cm³/mol. The molecule has 0 atom stereocenters. The van der Waals surface area contributed by atoms with Gasteiger partial charge in [-0.05, 0) is 44.5 Å². The van der Waals surface area contributed by atoms with E-state index in [0.29, 0.717) is 22.1 Å². The molecular formula is C22H23BrN4O6S2. The number of benzene rings is 1. The molecule has 1 amide bonds. The molecule has 0 saturated carbocycles. The van der Waals surface area contributed by atoms with Gasteiger partial charge in [0.25, 0.3) is 0 Å². The zero-order valence-corrected chi connectivity index (χ0v) is 22.6. The molecule has 35 heavy (non-hydrogen) atoms. The Morgan fingerprint density at radius 3 is 2.54 bits per heavy atom. The zero-order chi connectivity index (χ0) is 25.7. The highest BCUT2D eigenvalue weighted by atomic mass is 79.9. The summed E-state index contributed by atoms with van der Waals surface area (Å²) in [5.41, 5.74) is 1.01. The van der Waals surface area contributed by atoms with Gasteiger partial charge in [-0.2, -0.15) is 0 Å². The quantitative estimate of drug-likeness (QED) is 0.278. The molecule has 186 valence electrons. The Hall–Kier alpha value is -2.90. The monoisotopic (exact) mass is 582 g/mol. The number of aromatic hydroxyl groups is 1. The number of carbonyl (C=O) groups excluding carboxylic acids is 3. The van der Waals surface area contributed by atoms with Gasteiger partial charge in [-0.1, -0.05) is 27.7 Å². The van der Waals surface area contributed by atoms with Gasteiger partial charge in [-0.15, -0.1) is 21.5 Å². The van der Waals surface area contributed by atoms with Gasteiger partial charge in [0.2, 0.25) is 5.91 Å². The summed E-state index contributed by atoms with van der Waals surface area (Å²) in [6, 6.07) is 4.97. The first-order chi connectivity index (χ1) is 16.7. The molecule has 1 aromatic carbocycles. The third kappa shape index (κ3) is 6.03. The van der Waals surface area contributed by atoms with Crippen LogP contribution in [-0.2, 0) is 21.3 Å². The number of nitrogens with one attached hydrogen (secondary N) is 1. The molecule has 0 saturated heterocycles. The molecule has 10 nitrogen and oxygen atoms in total. The van der Waals surface area contributed by atoms with E-state index in [1.54, 1.807) is 50.6 Å². The normalized spacial score (nSPS) is 10.8. The van der Waals surface area contributed by atoms with Crippen LogP contribution in [-0.4, -0.2) is 56.7 Å². The molecule has 2 heterocycles. The number of amides is 1. The molecule has 0 radical (unpaired) electrons. The maximum absolute atomic E-state index is 12.7. The maximum Gasteiger partial charge on any atom is 0.348 e. The molecule has 0 spiro atoms. The molecule has 0 bridgehead atoms. The van der Waals surface area contributed by atoms with Crippen molar-refractivity contribution in [2.45, 2.75) is 25.9 Å². The third-order valence-electron chi connectivity index (χ3n) is 4.71. The predicted octanol–water partition coefficient (Wildman–Crippen LogP) is 4.40. The van der Waals surface area contributed by atoms with E-state index in [4.69, 9.17) is 9.47 Å². The number of phenolic OH excluding ortho intramolecular Hbond substituents is 1. The van der Waals surface area contributed by atoms with Crippen LogP contribution >= 0.6 is 39.0 Å². The Bertz CT molecular complexity index is 1270. The molecule has 0 fully saturated rings. The molecule has 3 aromatic rings. The van der Waals surface area contributed by atoms with Gasteiger partial charge in [-0.25, -0.2) is 9.59 Å². The third-order valence-corrected chi connectivity index (χ3v) is 7.41. The molecule has 13 heteroatoms. The maximum atomic E-state index is 12.7. The van der Waals surface area contributed by atoms with E-state index in [1.807, 2.05) is 0 Å². The number of esters is 2. The van der Waals surface area contributed by atoms with Crippen molar-refractivity contribution in [1.82, 2.24) is 14.8 Å². The summed E-state index contributed by atoms with van der Waals surface area (Å²) in [7, 11) is 1.73. The van der Waals surface area contributed by atoms with E-state index in [1.165, 1.54) is 0 Å². The number of nitrogens with zero attached hydrogens (tertiary/aromatic N) is 3. The Labute approximate surface area is 218 Å². The Morgan fingerprint density at radius 2 is 1.86 bits per heavy atom. The number of thiophene rings is 1. The summed E-state index contributed by atoms with van der Waals surface area (Å²) in [6.07, 6.45) is 0. The second-order valence-electron chi connectivity index (χ2n) is 7.06. The SMILES string of the molecule is CCOC(=O)c1sc(NC(=O)CSc2nnc(-c3cc(Br)ccc3O)n2C)c(C(=O)OCC)c1C. The lowest BCUT2D eigenvalue weighted by molar-refractivity contribution is -0.113. The Kier molecular flexibility index (Phi) is 8.92. The minimum atomic E-state index is -0.633. The molecule has 2 aromatic heterocycles. The van der Waals surface area contributed by atoms with E-state index >= 15 is 0 Å². The van der Waals surface area contributed by atoms with E-state index in [0.717, 1.165) is 27.6 Å². The van der Waals surface area contributed by atoms with Gasteiger partial charge >= 0.3 is 11.9 Å². The molecule has 0 unspecified atom stereocenters. The van der Waals surface area contributed by atoms with Crippen LogP contribution in [0.5, 0.6) is 5.75 Å². The second kappa shape index (κ2) is 11.7. The number of carbonyl (C=O) groups is 3. The largest absolute Gasteiger partial charge is 0.507 e. The Morgan fingerprint density at radius 1 is 1.17 bits per heavy atom. The van der Waals surface area contributed by atoms with E-state index in [-0.39, 0.29) is 40.2 Å². The topological polar surface area (TPSA) is 133 Å². The fourth-order valence-electron chi connectivity index (χ4n) is 3.10. The van der Waals surface area contributed by atoms with Crippen LogP contribution in [0.15, 0.2) is 27.8 Å². The highest BCUT2D eigenvalue weighted by Crippen LogP contribution is 2.35. The van der Waals surface area contributed by atoms with Crippen molar-refractivity contribution in [3.8, 4) is 17.1 Å². The van der Waals surface area contributed by atoms with Gasteiger partial charge in [0.15, 0.2) is 11.0 Å². The fraction of sp³-hybridized carbons (Fsp3) is 0.318. The van der Waals surface area contributed by atoms with E-state index in [2.05, 4.69) is 31.4 Å². The number of aromatic nitrogens is 3. The van der Waals surface area contributed by atoms with Crippen LogP contribution in [0, 0.1) is 6.92 Å². The van der Waals surface area contributed by atoms with Crippen LogP contribution in [0.2, 0.25) is 0 Å². The fourth-order valence-corrected chi connectivity index (χ4v) is 5.27. The van der Waals surface area contributed by atoms with Gasteiger partial charge < -0.3 is 24.5 Å². The van der Waals surface area contributed by atoms with Gasteiger partial charge in [0.05, 0.1) is 30.1 Å². The van der Waals surface area contributed by atoms with Crippen molar-refractivity contribution in [3.05, 3.63) is 38.7 Å². The standard InChI is InChI=1S/C22H23BrN4O6S2/c1-5-32-20(30)16-11(3)17(21(31)33-6-2)35-19(16)24-15(29)10-34-22-26-25-18(27(22)4)13-9-12(23)7-8-14(13)28/h7-9,28H,5-6,10H2,1-4H3,(H,24,29). The smallest absolute Gasteiger partial charge is 0.348 e. The van der Waals surface area contributed by atoms with Gasteiger partial charge in [-0.3, -0.25) is 4.79 Å². The summed E-state index contributed by atoms with van der Waals surface area (Å²) in [6.45, 7) is 5.29. The number of rotatable bonds is 9. The number of phenols is 1. The van der Waals surface area contributed by atoms with Crippen molar-refractivity contribution < 1.29 is 29.0 Å². The summed E-state index contributed by atoms with van der Waals surface area (Å²) >= 11 is 5.46. The van der Waals surface area contributed by atoms with E-state index < -0.39 is 17.8 Å². The minimum Gasteiger partial charge on any atom is -0.507 e. The Balaban J connectivity index is 1.77. The second-order valence-corrected chi connectivity index (χ2v) is 9.94. The molecule has 0 aliphatic rings. The number of anilines is 1. The highest BCUT2D eigenvalue weighted by Gasteiger charge is 2.27. The highest BCUT2D eigenvalue weighted by molar-refractivity contribution is 9.10. The van der Waals surface area contributed by atoms with E-state index in [9.17, 15) is 19.5 Å². The first kappa shape index (κ1) is 26.7. The lowest BCUT2D eigenvalue weighted by atomic mass is 10.1. The van der Waals surface area contributed by atoms with Crippen LogP contribution in [0.4, 0.5) is 5.00 Å². The van der Waals surface area contributed by atoms with Gasteiger partial charge in [0, 0.05) is 11.5 Å². The molecule has 0 aliphatic heterocycles. The lowest BCUT2D eigenvalue weighted by Gasteiger charge is -2.08. The van der Waals surface area contributed by atoms with Crippen LogP contribution in [0.25, 0.3) is 11.4 Å². The van der Waals surface area contributed by atoms with Crippen LogP contribution in [0.3, 0.4) is 0 Å². The average molecular weight is 583 g/mol. The van der Waals surface area contributed by atoms with Crippen LogP contribution in [0.1, 0.15) is 39.4 Å². The van der Waals surface area contributed by atoms with Crippen molar-refractivity contribution in [1.29, 1.82) is 0 Å². The molecule has 2 N–H and O–H groups in total. The lowest BCUT2D eigenvalue weighted by Crippen LogP contribution is -2.16. The number of hydrogen-bond donors (Lipinski definition) is 2.